The van der Waals surface area contributed by atoms with E-state index in [1.807, 2.05) is 35.2 Å². The number of phenols is 1. The van der Waals surface area contributed by atoms with E-state index in [-0.39, 0.29) is 17.8 Å². The van der Waals surface area contributed by atoms with E-state index in [2.05, 4.69) is 11.1 Å². The van der Waals surface area contributed by atoms with Crippen LogP contribution in [0.15, 0.2) is 48.5 Å². The Morgan fingerprint density at radius 2 is 2.03 bits per heavy atom. The maximum atomic E-state index is 13.0. The third-order valence-corrected chi connectivity index (χ3v) is 6.37. The smallest absolute Gasteiger partial charge is 0.222 e. The zero-order valence-corrected chi connectivity index (χ0v) is 17.2. The Morgan fingerprint density at radius 3 is 2.83 bits per heavy atom. The number of hydrogen-bond acceptors (Lipinski definition) is 5. The summed E-state index contributed by atoms with van der Waals surface area (Å²) in [7, 11) is 0. The second-order valence-corrected chi connectivity index (χ2v) is 8.58. The molecule has 0 aliphatic carbocycles. The SMILES string of the molecule is O=C(CCCc1nc2ccccc2s1)N(Cc1ccccc1O)CC1CCCO1. The zero-order valence-electron chi connectivity index (χ0n) is 16.4. The van der Waals surface area contributed by atoms with Crippen molar-refractivity contribution in [2.45, 2.75) is 44.8 Å². The number of carbonyl (C=O) groups excluding carboxylic acids is 1. The summed E-state index contributed by atoms with van der Waals surface area (Å²) >= 11 is 1.70. The highest BCUT2D eigenvalue weighted by molar-refractivity contribution is 7.18. The number of aryl methyl sites for hydroxylation is 1. The van der Waals surface area contributed by atoms with E-state index >= 15 is 0 Å². The van der Waals surface area contributed by atoms with E-state index in [0.29, 0.717) is 19.5 Å². The molecule has 6 heteroatoms. The summed E-state index contributed by atoms with van der Waals surface area (Å²) in [6.45, 7) is 1.75. The van der Waals surface area contributed by atoms with Gasteiger partial charge in [-0.1, -0.05) is 30.3 Å². The largest absolute Gasteiger partial charge is 0.508 e. The van der Waals surface area contributed by atoms with E-state index < -0.39 is 0 Å². The molecule has 1 atom stereocenters. The van der Waals surface area contributed by atoms with Gasteiger partial charge in [0.1, 0.15) is 5.75 Å². The molecule has 1 saturated heterocycles. The molecule has 29 heavy (non-hydrogen) atoms. The lowest BCUT2D eigenvalue weighted by Gasteiger charge is -2.26. The van der Waals surface area contributed by atoms with Crippen molar-refractivity contribution in [2.24, 2.45) is 0 Å². The second kappa shape index (κ2) is 9.37. The number of carbonyl (C=O) groups is 1. The van der Waals surface area contributed by atoms with Gasteiger partial charge in [-0.25, -0.2) is 4.98 Å². The Hall–Kier alpha value is -2.44. The fourth-order valence-electron chi connectivity index (χ4n) is 3.71. The molecule has 1 aliphatic rings. The van der Waals surface area contributed by atoms with E-state index in [9.17, 15) is 9.90 Å². The fraction of sp³-hybridized carbons (Fsp3) is 0.391. The highest BCUT2D eigenvalue weighted by Gasteiger charge is 2.23. The van der Waals surface area contributed by atoms with Crippen LogP contribution in [0.2, 0.25) is 0 Å². The maximum Gasteiger partial charge on any atom is 0.222 e. The second-order valence-electron chi connectivity index (χ2n) is 7.47. The Balaban J connectivity index is 1.37. The lowest BCUT2D eigenvalue weighted by molar-refractivity contribution is -0.133. The first-order valence-corrected chi connectivity index (χ1v) is 11.0. The molecule has 3 aromatic rings. The number of nitrogens with zero attached hydrogens (tertiary/aromatic N) is 2. The average Bonchev–Trinajstić information content (AvgIpc) is 3.38. The number of amides is 1. The minimum atomic E-state index is 0.0917. The zero-order chi connectivity index (χ0) is 20.1. The van der Waals surface area contributed by atoms with Crippen LogP contribution in [0.4, 0.5) is 0 Å². The molecule has 4 rings (SSSR count). The van der Waals surface area contributed by atoms with Crippen LogP contribution in [-0.4, -0.2) is 40.2 Å². The van der Waals surface area contributed by atoms with Gasteiger partial charge in [0.05, 0.1) is 21.3 Å². The Labute approximate surface area is 175 Å². The first kappa shape index (κ1) is 19.9. The highest BCUT2D eigenvalue weighted by atomic mass is 32.1. The highest BCUT2D eigenvalue weighted by Crippen LogP contribution is 2.24. The predicted octanol–water partition coefficient (Wildman–Crippen LogP) is 4.53. The van der Waals surface area contributed by atoms with Crippen LogP contribution in [0.1, 0.15) is 36.3 Å². The summed E-state index contributed by atoms with van der Waals surface area (Å²) in [6, 6.07) is 15.3. The number of rotatable bonds is 8. The van der Waals surface area contributed by atoms with E-state index in [4.69, 9.17) is 4.74 Å². The van der Waals surface area contributed by atoms with Gasteiger partial charge in [-0.2, -0.15) is 0 Å². The molecular formula is C23H26N2O3S. The number of thiazole rings is 1. The summed E-state index contributed by atoms with van der Waals surface area (Å²) in [5.41, 5.74) is 1.79. The first-order valence-electron chi connectivity index (χ1n) is 10.2. The molecule has 1 amide bonds. The van der Waals surface area contributed by atoms with Gasteiger partial charge in [-0.05, 0) is 43.9 Å². The number of aromatic hydroxyl groups is 1. The minimum Gasteiger partial charge on any atom is -0.508 e. The lowest BCUT2D eigenvalue weighted by Crippen LogP contribution is -2.36. The van der Waals surface area contributed by atoms with Gasteiger partial charge in [0.2, 0.25) is 5.91 Å². The molecule has 152 valence electrons. The predicted molar refractivity (Wildman–Crippen MR) is 115 cm³/mol. The van der Waals surface area contributed by atoms with Crippen molar-refractivity contribution >= 4 is 27.5 Å². The van der Waals surface area contributed by atoms with Crippen molar-refractivity contribution in [3.8, 4) is 5.75 Å². The summed E-state index contributed by atoms with van der Waals surface area (Å²) in [5, 5.41) is 11.2. The Morgan fingerprint density at radius 1 is 1.21 bits per heavy atom. The number of benzene rings is 2. The van der Waals surface area contributed by atoms with Crippen molar-refractivity contribution < 1.29 is 14.6 Å². The van der Waals surface area contributed by atoms with Crippen LogP contribution in [0, 0.1) is 0 Å². The van der Waals surface area contributed by atoms with Gasteiger partial charge in [-0.3, -0.25) is 4.79 Å². The molecule has 1 fully saturated rings. The quantitative estimate of drug-likeness (QED) is 0.593. The molecule has 2 aromatic carbocycles. The van der Waals surface area contributed by atoms with Crippen LogP contribution in [-0.2, 0) is 22.5 Å². The third kappa shape index (κ3) is 5.14. The summed E-state index contributed by atoms with van der Waals surface area (Å²) in [5.74, 6) is 0.331. The van der Waals surface area contributed by atoms with Crippen LogP contribution in [0.25, 0.3) is 10.2 Å². The molecular weight excluding hydrogens is 384 g/mol. The van der Waals surface area contributed by atoms with Gasteiger partial charge in [0.15, 0.2) is 0 Å². The third-order valence-electron chi connectivity index (χ3n) is 5.27. The molecule has 0 spiro atoms. The van der Waals surface area contributed by atoms with Gasteiger partial charge in [0, 0.05) is 31.7 Å². The van der Waals surface area contributed by atoms with E-state index in [1.165, 1.54) is 4.70 Å². The number of hydrogen-bond donors (Lipinski definition) is 1. The van der Waals surface area contributed by atoms with Crippen molar-refractivity contribution in [1.82, 2.24) is 9.88 Å². The number of fused-ring (bicyclic) bond motifs is 1. The minimum absolute atomic E-state index is 0.0917. The Kier molecular flexibility index (Phi) is 6.42. The van der Waals surface area contributed by atoms with E-state index in [1.54, 1.807) is 23.5 Å². The van der Waals surface area contributed by atoms with Crippen molar-refractivity contribution in [2.75, 3.05) is 13.2 Å². The molecule has 1 unspecified atom stereocenters. The molecule has 1 aliphatic heterocycles. The number of ether oxygens (including phenoxy) is 1. The van der Waals surface area contributed by atoms with Crippen LogP contribution >= 0.6 is 11.3 Å². The maximum absolute atomic E-state index is 13.0. The van der Waals surface area contributed by atoms with Gasteiger partial charge < -0.3 is 14.7 Å². The normalized spacial score (nSPS) is 16.3. The van der Waals surface area contributed by atoms with Crippen molar-refractivity contribution in [3.63, 3.8) is 0 Å². The molecule has 2 heterocycles. The summed E-state index contributed by atoms with van der Waals surface area (Å²) in [6.07, 6.45) is 4.15. The first-order chi connectivity index (χ1) is 14.2. The summed E-state index contributed by atoms with van der Waals surface area (Å²) < 4.78 is 6.93. The molecule has 5 nitrogen and oxygen atoms in total. The van der Waals surface area contributed by atoms with Crippen LogP contribution in [0.5, 0.6) is 5.75 Å². The molecule has 1 N–H and O–H groups in total. The van der Waals surface area contributed by atoms with Gasteiger partial charge in [-0.15, -0.1) is 11.3 Å². The molecule has 1 aromatic heterocycles. The fourth-order valence-corrected chi connectivity index (χ4v) is 4.72. The summed E-state index contributed by atoms with van der Waals surface area (Å²) in [4.78, 5) is 19.5. The number of para-hydroxylation sites is 2. The number of aromatic nitrogens is 1. The van der Waals surface area contributed by atoms with E-state index in [0.717, 1.165) is 48.4 Å². The van der Waals surface area contributed by atoms with Crippen molar-refractivity contribution in [1.29, 1.82) is 0 Å². The van der Waals surface area contributed by atoms with Gasteiger partial charge >= 0.3 is 0 Å². The van der Waals surface area contributed by atoms with Crippen molar-refractivity contribution in [3.05, 3.63) is 59.1 Å². The molecule has 0 bridgehead atoms. The average molecular weight is 411 g/mol. The van der Waals surface area contributed by atoms with Crippen LogP contribution in [0.3, 0.4) is 0 Å². The Bertz CT molecular complexity index is 932. The number of phenolic OH excluding ortho intramolecular Hbond substituents is 1. The topological polar surface area (TPSA) is 62.7 Å². The molecule has 0 saturated carbocycles. The standard InChI is InChI=1S/C23H26N2O3S/c26-20-10-3-1-7-17(20)15-25(16-18-8-6-14-28-18)23(27)13-5-12-22-24-19-9-2-4-11-21(19)29-22/h1-4,7,9-11,18,26H,5-6,8,12-16H2. The monoisotopic (exact) mass is 410 g/mol. The van der Waals surface area contributed by atoms with Crippen LogP contribution < -0.4 is 0 Å². The van der Waals surface area contributed by atoms with Gasteiger partial charge in [0.25, 0.3) is 0 Å². The molecule has 0 radical (unpaired) electrons. The lowest BCUT2D eigenvalue weighted by atomic mass is 10.1.